The molecule has 0 spiro atoms. The van der Waals surface area contributed by atoms with Crippen LogP contribution < -0.4 is 9.04 Å². The van der Waals surface area contributed by atoms with E-state index in [1.807, 2.05) is 0 Å². The van der Waals surface area contributed by atoms with Crippen molar-refractivity contribution in [2.45, 2.75) is 13.8 Å². The van der Waals surface area contributed by atoms with Gasteiger partial charge in [-0.1, -0.05) is 0 Å². The SMILES string of the molecule is CCS(=O)(=O)N(C)c1oc(-c2cc(F)cc(F)c2)c(O)c1OC(C)=O. The number of benzene rings is 1. The number of hydrogen-bond acceptors (Lipinski definition) is 6. The van der Waals surface area contributed by atoms with Crippen molar-refractivity contribution in [3.8, 4) is 22.8 Å². The van der Waals surface area contributed by atoms with Gasteiger partial charge in [0.2, 0.25) is 21.5 Å². The number of furan rings is 1. The summed E-state index contributed by atoms with van der Waals surface area (Å²) in [6, 6.07) is 2.36. The zero-order chi connectivity index (χ0) is 18.9. The molecule has 0 aliphatic heterocycles. The highest BCUT2D eigenvalue weighted by molar-refractivity contribution is 7.92. The van der Waals surface area contributed by atoms with Crippen molar-refractivity contribution in [1.82, 2.24) is 0 Å². The Morgan fingerprint density at radius 1 is 1.28 bits per heavy atom. The Bertz CT molecular complexity index is 902. The van der Waals surface area contributed by atoms with Gasteiger partial charge in [-0.2, -0.15) is 0 Å². The largest absolute Gasteiger partial charge is 0.502 e. The first kappa shape index (κ1) is 18.7. The second kappa shape index (κ2) is 6.71. The molecule has 0 bridgehead atoms. The minimum atomic E-state index is -3.82. The lowest BCUT2D eigenvalue weighted by atomic mass is 10.1. The Hall–Kier alpha value is -2.62. The van der Waals surface area contributed by atoms with Crippen LogP contribution in [0.15, 0.2) is 22.6 Å². The lowest BCUT2D eigenvalue weighted by Gasteiger charge is -2.16. The molecule has 0 amide bonds. The molecule has 0 saturated carbocycles. The molecule has 1 aromatic heterocycles. The molecule has 0 unspecified atom stereocenters. The zero-order valence-corrected chi connectivity index (χ0v) is 14.4. The predicted molar refractivity (Wildman–Crippen MR) is 84.9 cm³/mol. The lowest BCUT2D eigenvalue weighted by molar-refractivity contribution is -0.132. The summed E-state index contributed by atoms with van der Waals surface area (Å²) in [5, 5.41) is 10.2. The fourth-order valence-corrected chi connectivity index (χ4v) is 2.80. The lowest BCUT2D eigenvalue weighted by Crippen LogP contribution is -2.28. The summed E-state index contributed by atoms with van der Waals surface area (Å²) in [5.41, 5.74) is -0.197. The molecule has 0 aliphatic rings. The maximum absolute atomic E-state index is 13.4. The van der Waals surface area contributed by atoms with Gasteiger partial charge in [0.15, 0.2) is 5.76 Å². The normalized spacial score (nSPS) is 11.4. The highest BCUT2D eigenvalue weighted by atomic mass is 32.2. The van der Waals surface area contributed by atoms with E-state index in [1.165, 1.54) is 6.92 Å². The molecule has 0 aliphatic carbocycles. The molecule has 2 aromatic rings. The smallest absolute Gasteiger partial charge is 0.308 e. The van der Waals surface area contributed by atoms with Crippen LogP contribution in [0.3, 0.4) is 0 Å². The summed E-state index contributed by atoms with van der Waals surface area (Å²) in [5.74, 6) is -5.27. The number of rotatable bonds is 5. The van der Waals surface area contributed by atoms with Crippen molar-refractivity contribution in [1.29, 1.82) is 0 Å². The molecule has 25 heavy (non-hydrogen) atoms. The van der Waals surface area contributed by atoms with Crippen molar-refractivity contribution in [2.24, 2.45) is 0 Å². The monoisotopic (exact) mass is 375 g/mol. The molecular weight excluding hydrogens is 360 g/mol. The number of carbonyl (C=O) groups excluding carboxylic acids is 1. The van der Waals surface area contributed by atoms with Crippen LogP contribution in [0.4, 0.5) is 14.7 Å². The van der Waals surface area contributed by atoms with Gasteiger partial charge in [-0.3, -0.25) is 4.79 Å². The minimum absolute atomic E-state index is 0.197. The van der Waals surface area contributed by atoms with E-state index in [1.54, 1.807) is 0 Å². The molecular formula is C15H15F2NO6S. The van der Waals surface area contributed by atoms with Crippen molar-refractivity contribution < 1.29 is 36.3 Å². The second-order valence-corrected chi connectivity index (χ2v) is 7.32. The molecule has 1 heterocycles. The van der Waals surface area contributed by atoms with Gasteiger partial charge < -0.3 is 14.3 Å². The number of ether oxygens (including phenoxy) is 1. The molecule has 0 fully saturated rings. The Morgan fingerprint density at radius 3 is 2.32 bits per heavy atom. The number of nitrogens with zero attached hydrogens (tertiary/aromatic N) is 1. The number of aromatic hydroxyl groups is 1. The number of esters is 1. The summed E-state index contributed by atoms with van der Waals surface area (Å²) in [4.78, 5) is 11.3. The first-order chi connectivity index (χ1) is 11.6. The first-order valence-corrected chi connectivity index (χ1v) is 8.65. The summed E-state index contributed by atoms with van der Waals surface area (Å²) >= 11 is 0. The van der Waals surface area contributed by atoms with E-state index in [9.17, 15) is 27.1 Å². The van der Waals surface area contributed by atoms with Crippen molar-refractivity contribution in [3.05, 3.63) is 29.8 Å². The van der Waals surface area contributed by atoms with Gasteiger partial charge in [-0.25, -0.2) is 21.5 Å². The molecule has 10 heteroatoms. The van der Waals surface area contributed by atoms with Gasteiger partial charge in [0.1, 0.15) is 11.6 Å². The van der Waals surface area contributed by atoms with E-state index < -0.39 is 50.8 Å². The van der Waals surface area contributed by atoms with Crippen LogP contribution in [0.5, 0.6) is 11.5 Å². The van der Waals surface area contributed by atoms with Crippen LogP contribution in [-0.4, -0.2) is 32.3 Å². The van der Waals surface area contributed by atoms with Crippen molar-refractivity contribution in [2.75, 3.05) is 17.1 Å². The van der Waals surface area contributed by atoms with Crippen LogP contribution in [0, 0.1) is 11.6 Å². The van der Waals surface area contributed by atoms with E-state index in [0.717, 1.165) is 26.1 Å². The van der Waals surface area contributed by atoms with E-state index >= 15 is 0 Å². The minimum Gasteiger partial charge on any atom is -0.502 e. The number of carbonyl (C=O) groups is 1. The third-order valence-corrected chi connectivity index (χ3v) is 4.99. The van der Waals surface area contributed by atoms with Crippen LogP contribution in [0.2, 0.25) is 0 Å². The predicted octanol–water partition coefficient (Wildman–Crippen LogP) is 2.64. The summed E-state index contributed by atoms with van der Waals surface area (Å²) in [6.45, 7) is 2.41. The van der Waals surface area contributed by atoms with Gasteiger partial charge in [0, 0.05) is 25.6 Å². The molecule has 0 radical (unpaired) electrons. The van der Waals surface area contributed by atoms with Crippen LogP contribution >= 0.6 is 0 Å². The molecule has 0 atom stereocenters. The summed E-state index contributed by atoms with van der Waals surface area (Å²) in [6.07, 6.45) is 0. The molecule has 2 rings (SSSR count). The molecule has 0 saturated heterocycles. The average molecular weight is 375 g/mol. The molecule has 136 valence electrons. The third kappa shape index (κ3) is 3.73. The van der Waals surface area contributed by atoms with Gasteiger partial charge in [0.05, 0.1) is 5.75 Å². The summed E-state index contributed by atoms with van der Waals surface area (Å²) < 4.78 is 61.6. The van der Waals surface area contributed by atoms with Crippen molar-refractivity contribution in [3.63, 3.8) is 0 Å². The van der Waals surface area contributed by atoms with Gasteiger partial charge in [-0.05, 0) is 19.1 Å². The van der Waals surface area contributed by atoms with E-state index in [-0.39, 0.29) is 11.3 Å². The van der Waals surface area contributed by atoms with Gasteiger partial charge >= 0.3 is 5.97 Å². The second-order valence-electron chi connectivity index (χ2n) is 5.03. The highest BCUT2D eigenvalue weighted by Crippen LogP contribution is 2.48. The Morgan fingerprint density at radius 2 is 1.84 bits per heavy atom. The Labute approximate surface area is 142 Å². The van der Waals surface area contributed by atoms with Gasteiger partial charge in [-0.15, -0.1) is 0 Å². The van der Waals surface area contributed by atoms with E-state index in [2.05, 4.69) is 0 Å². The summed E-state index contributed by atoms with van der Waals surface area (Å²) in [7, 11) is -2.70. The fraction of sp³-hybridized carbons (Fsp3) is 0.267. The third-order valence-electron chi connectivity index (χ3n) is 3.26. The van der Waals surface area contributed by atoms with E-state index in [0.29, 0.717) is 10.4 Å². The topological polar surface area (TPSA) is 97.1 Å². The maximum atomic E-state index is 13.4. The standard InChI is InChI=1S/C15H15F2NO6S/c1-4-25(21,22)18(3)15-14(23-8(2)19)12(20)13(24-15)9-5-10(16)7-11(17)6-9/h5-7,20H,4H2,1-3H3. The van der Waals surface area contributed by atoms with E-state index in [4.69, 9.17) is 9.15 Å². The molecule has 1 N–H and O–H groups in total. The molecule has 7 nitrogen and oxygen atoms in total. The average Bonchev–Trinajstić information content (AvgIpc) is 2.82. The number of hydrogen-bond donors (Lipinski definition) is 1. The number of halogens is 2. The number of anilines is 1. The van der Waals surface area contributed by atoms with Gasteiger partial charge in [0.25, 0.3) is 5.88 Å². The highest BCUT2D eigenvalue weighted by Gasteiger charge is 2.31. The zero-order valence-electron chi connectivity index (χ0n) is 13.5. The van der Waals surface area contributed by atoms with Crippen LogP contribution in [0.25, 0.3) is 11.3 Å². The Kier molecular flexibility index (Phi) is 5.02. The quantitative estimate of drug-likeness (QED) is 0.807. The van der Waals surface area contributed by atoms with Crippen LogP contribution in [0.1, 0.15) is 13.8 Å². The van der Waals surface area contributed by atoms with Crippen molar-refractivity contribution >= 4 is 21.9 Å². The van der Waals surface area contributed by atoms with Crippen LogP contribution in [-0.2, 0) is 14.8 Å². The fourth-order valence-electron chi connectivity index (χ4n) is 2.04. The maximum Gasteiger partial charge on any atom is 0.308 e. The number of sulfonamides is 1. The first-order valence-electron chi connectivity index (χ1n) is 7.04. The Balaban J connectivity index is 2.70. The molecule has 1 aromatic carbocycles.